The molecule has 0 aromatic rings. The molecule has 0 aromatic carbocycles. The van der Waals surface area contributed by atoms with Crippen molar-refractivity contribution < 1.29 is 124 Å². The molecule has 5 heterocycles. The number of ether oxygens (including phenoxy) is 9. The lowest BCUT2D eigenvalue weighted by molar-refractivity contribution is -0.395. The Balaban J connectivity index is 1.31. The Morgan fingerprint density at radius 2 is 0.707 bits per heavy atom. The Bertz CT molecular complexity index is 1250. The average molecular weight is 855 g/mol. The largest absolute Gasteiger partial charge is 0.394 e. The molecule has 5 aliphatic heterocycles. The van der Waals surface area contributed by atoms with Crippen LogP contribution >= 0.6 is 0 Å². The molecule has 5 saturated heterocycles. The van der Waals surface area contributed by atoms with E-state index in [0.29, 0.717) is 0 Å². The van der Waals surface area contributed by atoms with Gasteiger partial charge in [-0.15, -0.1) is 0 Å². The van der Waals surface area contributed by atoms with Gasteiger partial charge in [-0.05, 0) is 5.92 Å². The van der Waals surface area contributed by atoms with Crippen molar-refractivity contribution in [2.75, 3.05) is 33.0 Å². The van der Waals surface area contributed by atoms with E-state index in [0.717, 1.165) is 0 Å². The maximum Gasteiger partial charge on any atom is 0.187 e. The standard InChI is InChI=1S/C33H58O25/c1-8(2)27-24(47)19(42)17(40)12(52-27)6-50-30-25(48)21(44)18(41)13(56-30)7-51-32-28(22(45)15(38)10(4-35)54-32)58-33-29(23(46)16(39)11(5-36)55-33)57-31-26(49)20(43)14(37)9(3-34)53-31/h8-49H,3-7H2,1-2H3/t9?,10?,11?,12?,13?,14-,15-,16-,17-,18-,19?,20?,21?,22?,23?,24-,25-,26-,27-,28-,29-,30+,31-,32+,33-/m1/s1. The van der Waals surface area contributed by atoms with Gasteiger partial charge in [-0.1, -0.05) is 13.8 Å². The molecule has 0 aliphatic carbocycles. The first kappa shape index (κ1) is 48.0. The molecule has 0 amide bonds. The van der Waals surface area contributed by atoms with E-state index in [1.807, 2.05) is 0 Å². The summed E-state index contributed by atoms with van der Waals surface area (Å²) in [6.45, 7) is -0.544. The zero-order chi connectivity index (χ0) is 42.9. The summed E-state index contributed by atoms with van der Waals surface area (Å²) in [4.78, 5) is 0. The van der Waals surface area contributed by atoms with Crippen LogP contribution in [0, 0.1) is 5.92 Å². The molecule has 25 heteroatoms. The fraction of sp³-hybridized carbons (Fsp3) is 1.00. The molecule has 5 aliphatic rings. The van der Waals surface area contributed by atoms with Gasteiger partial charge in [-0.25, -0.2) is 0 Å². The maximum absolute atomic E-state index is 11.2. The van der Waals surface area contributed by atoms with Crippen molar-refractivity contribution in [1.29, 1.82) is 0 Å². The quantitative estimate of drug-likeness (QED) is 0.0771. The molecule has 10 unspecified atom stereocenters. The van der Waals surface area contributed by atoms with Gasteiger partial charge in [0.05, 0.1) is 39.1 Å². The van der Waals surface area contributed by atoms with E-state index in [1.165, 1.54) is 0 Å². The van der Waals surface area contributed by atoms with Crippen molar-refractivity contribution in [1.82, 2.24) is 0 Å². The second-order valence-electron chi connectivity index (χ2n) is 15.3. The monoisotopic (exact) mass is 854 g/mol. The average Bonchev–Trinajstić information content (AvgIpc) is 3.20. The van der Waals surface area contributed by atoms with Crippen LogP contribution in [-0.4, -0.2) is 268 Å². The van der Waals surface area contributed by atoms with Crippen LogP contribution in [0.15, 0.2) is 0 Å². The van der Waals surface area contributed by atoms with Crippen LogP contribution in [0.5, 0.6) is 0 Å². The molecule has 0 aromatic heterocycles. The summed E-state index contributed by atoms with van der Waals surface area (Å²) in [7, 11) is 0. The molecule has 5 rings (SSSR count). The Labute approximate surface area is 330 Å². The van der Waals surface area contributed by atoms with Gasteiger partial charge in [0.1, 0.15) is 122 Å². The minimum Gasteiger partial charge on any atom is -0.394 e. The second kappa shape index (κ2) is 20.5. The van der Waals surface area contributed by atoms with Crippen molar-refractivity contribution in [3.05, 3.63) is 0 Å². The third-order valence-electron chi connectivity index (χ3n) is 11.0. The summed E-state index contributed by atoms with van der Waals surface area (Å²) in [5.74, 6) is -0.298. The fourth-order valence-electron chi connectivity index (χ4n) is 7.38. The molecule has 16 N–H and O–H groups in total. The molecular weight excluding hydrogens is 796 g/mol. The molecular formula is C33H58O25. The van der Waals surface area contributed by atoms with Gasteiger partial charge in [-0.3, -0.25) is 0 Å². The summed E-state index contributed by atoms with van der Waals surface area (Å²) in [5.41, 5.74) is 0. The van der Waals surface area contributed by atoms with E-state index in [4.69, 9.17) is 42.6 Å². The SMILES string of the molecule is CC(C)[C@H]1OC(CO[C@H]2OC(CO[C@H]3OC(CO)[C@@H](O)C(O)[C@H]3O[C@H]3OC(CO)[C@@H](O)C(O)[C@H]3O[C@H]3OC(CO)[C@@H](O)C(O)[C@H]3O)[C@@H](O)C(O)[C@H]2O)[C@@H](O)C(O)[C@H]1O. The van der Waals surface area contributed by atoms with Crippen molar-refractivity contribution in [3.63, 3.8) is 0 Å². The van der Waals surface area contributed by atoms with E-state index >= 15 is 0 Å². The minimum absolute atomic E-state index is 0.298. The second-order valence-corrected chi connectivity index (χ2v) is 15.3. The highest BCUT2D eigenvalue weighted by atomic mass is 16.8. The van der Waals surface area contributed by atoms with E-state index < -0.39 is 186 Å². The first-order chi connectivity index (χ1) is 27.4. The van der Waals surface area contributed by atoms with E-state index in [1.54, 1.807) is 13.8 Å². The Kier molecular flexibility index (Phi) is 16.9. The number of aliphatic hydroxyl groups is 16. The van der Waals surface area contributed by atoms with E-state index in [2.05, 4.69) is 0 Å². The fourth-order valence-corrected chi connectivity index (χ4v) is 7.38. The molecule has 25 atom stereocenters. The highest BCUT2D eigenvalue weighted by molar-refractivity contribution is 4.98. The molecule has 0 saturated carbocycles. The Hall–Kier alpha value is -1.00. The molecule has 340 valence electrons. The lowest BCUT2D eigenvalue weighted by Gasteiger charge is -2.48. The highest BCUT2D eigenvalue weighted by Crippen LogP contribution is 2.34. The third kappa shape index (κ3) is 9.94. The van der Waals surface area contributed by atoms with E-state index in [9.17, 15) is 81.7 Å². The lowest BCUT2D eigenvalue weighted by atomic mass is 9.89. The zero-order valence-corrected chi connectivity index (χ0v) is 31.4. The smallest absolute Gasteiger partial charge is 0.187 e. The van der Waals surface area contributed by atoms with Gasteiger partial charge in [0.15, 0.2) is 25.2 Å². The summed E-state index contributed by atoms with van der Waals surface area (Å²) in [6.07, 6.45) is -43.5. The molecule has 0 radical (unpaired) electrons. The van der Waals surface area contributed by atoms with Gasteiger partial charge in [0.2, 0.25) is 0 Å². The van der Waals surface area contributed by atoms with Crippen LogP contribution < -0.4 is 0 Å². The lowest BCUT2D eigenvalue weighted by Crippen LogP contribution is -2.67. The molecule has 5 fully saturated rings. The van der Waals surface area contributed by atoms with Crippen LogP contribution in [0.4, 0.5) is 0 Å². The number of hydrogen-bond acceptors (Lipinski definition) is 25. The molecule has 25 nitrogen and oxygen atoms in total. The summed E-state index contributed by atoms with van der Waals surface area (Å²) in [5, 5.41) is 167. The van der Waals surface area contributed by atoms with Crippen LogP contribution in [0.1, 0.15) is 13.8 Å². The first-order valence-electron chi connectivity index (χ1n) is 18.8. The summed E-state index contributed by atoms with van der Waals surface area (Å²) < 4.78 is 50.8. The van der Waals surface area contributed by atoms with Crippen LogP contribution in [0.25, 0.3) is 0 Å². The molecule has 58 heavy (non-hydrogen) atoms. The van der Waals surface area contributed by atoms with Crippen molar-refractivity contribution in [3.8, 4) is 0 Å². The predicted octanol–water partition coefficient (Wildman–Crippen LogP) is -10.2. The third-order valence-corrected chi connectivity index (χ3v) is 11.0. The van der Waals surface area contributed by atoms with Crippen LogP contribution in [-0.2, 0) is 42.6 Å². The van der Waals surface area contributed by atoms with Gasteiger partial charge < -0.3 is 124 Å². The minimum atomic E-state index is -2.03. The van der Waals surface area contributed by atoms with E-state index in [-0.39, 0.29) is 5.92 Å². The summed E-state index contributed by atoms with van der Waals surface area (Å²) in [6, 6.07) is 0. The van der Waals surface area contributed by atoms with Gasteiger partial charge in [0, 0.05) is 0 Å². The molecule has 0 spiro atoms. The predicted molar refractivity (Wildman–Crippen MR) is 179 cm³/mol. The topological polar surface area (TPSA) is 407 Å². The number of hydrogen-bond donors (Lipinski definition) is 16. The zero-order valence-electron chi connectivity index (χ0n) is 31.4. The van der Waals surface area contributed by atoms with Crippen molar-refractivity contribution >= 4 is 0 Å². The normalized spacial score (nSPS) is 51.9. The Morgan fingerprint density at radius 1 is 0.362 bits per heavy atom. The van der Waals surface area contributed by atoms with Gasteiger partial charge >= 0.3 is 0 Å². The van der Waals surface area contributed by atoms with Crippen LogP contribution in [0.3, 0.4) is 0 Å². The highest BCUT2D eigenvalue weighted by Gasteiger charge is 2.55. The first-order valence-corrected chi connectivity index (χ1v) is 18.8. The Morgan fingerprint density at radius 3 is 1.21 bits per heavy atom. The van der Waals surface area contributed by atoms with Crippen molar-refractivity contribution in [2.24, 2.45) is 5.92 Å². The maximum atomic E-state index is 11.2. The van der Waals surface area contributed by atoms with Crippen LogP contribution in [0.2, 0.25) is 0 Å². The summed E-state index contributed by atoms with van der Waals surface area (Å²) >= 11 is 0. The van der Waals surface area contributed by atoms with Crippen molar-refractivity contribution in [2.45, 2.75) is 167 Å². The number of rotatable bonds is 14. The van der Waals surface area contributed by atoms with Gasteiger partial charge in [0.25, 0.3) is 0 Å². The number of aliphatic hydroxyl groups excluding tert-OH is 16. The van der Waals surface area contributed by atoms with Gasteiger partial charge in [-0.2, -0.15) is 0 Å². The molecule has 0 bridgehead atoms.